The van der Waals surface area contributed by atoms with Crippen molar-refractivity contribution in [3.05, 3.63) is 0 Å². The predicted molar refractivity (Wildman–Crippen MR) is 42.6 cm³/mol. The molecule has 0 N–H and O–H groups in total. The molecule has 0 saturated heterocycles. The molecule has 0 unspecified atom stereocenters. The van der Waals surface area contributed by atoms with E-state index in [9.17, 15) is 13.2 Å². The van der Waals surface area contributed by atoms with Gasteiger partial charge in [0.15, 0.2) is 6.67 Å². The van der Waals surface area contributed by atoms with Crippen LogP contribution in [-0.4, -0.2) is 32.6 Å². The number of halogens is 3. The van der Waals surface area contributed by atoms with Crippen molar-refractivity contribution in [3.8, 4) is 0 Å². The topological polar surface area (TPSA) is 18.5 Å². The molecular weight excluding hydrogens is 185 g/mol. The number of ether oxygens (including phenoxy) is 2. The third-order valence-electron chi connectivity index (χ3n) is 1.34. The number of hydrogen-bond acceptors (Lipinski definition) is 2. The Balaban J connectivity index is 3.16. The van der Waals surface area contributed by atoms with E-state index in [1.807, 2.05) is 6.92 Å². The molecule has 2 nitrogen and oxygen atoms in total. The molecule has 0 atom stereocenters. The lowest BCUT2D eigenvalue weighted by atomic mass is 10.4. The maximum absolute atomic E-state index is 12.1. The van der Waals surface area contributed by atoms with E-state index in [0.717, 1.165) is 12.8 Å². The van der Waals surface area contributed by atoms with Crippen LogP contribution in [0.5, 0.6) is 0 Å². The molecule has 0 fully saturated rings. The summed E-state index contributed by atoms with van der Waals surface area (Å²) in [4.78, 5) is 0. The van der Waals surface area contributed by atoms with Crippen LogP contribution in [0.4, 0.5) is 13.2 Å². The first kappa shape index (κ1) is 12.7. The lowest BCUT2D eigenvalue weighted by Gasteiger charge is -2.12. The molecule has 0 aromatic rings. The van der Waals surface area contributed by atoms with Crippen LogP contribution in [0, 0.1) is 0 Å². The Morgan fingerprint density at radius 1 is 1.15 bits per heavy atom. The van der Waals surface area contributed by atoms with Crippen molar-refractivity contribution < 1.29 is 22.6 Å². The zero-order valence-electron chi connectivity index (χ0n) is 7.69. The fourth-order valence-electron chi connectivity index (χ4n) is 0.637. The standard InChI is InChI=1S/C8H15F3O2/c1-2-3-4-12-5-6-13-8(10,11)7-9/h2-7H2,1H3. The summed E-state index contributed by atoms with van der Waals surface area (Å²) in [6.07, 6.45) is -1.78. The lowest BCUT2D eigenvalue weighted by Crippen LogP contribution is -2.25. The van der Waals surface area contributed by atoms with E-state index >= 15 is 0 Å². The van der Waals surface area contributed by atoms with Crippen LogP contribution in [-0.2, 0) is 9.47 Å². The molecule has 0 rings (SSSR count). The van der Waals surface area contributed by atoms with Crippen molar-refractivity contribution in [1.82, 2.24) is 0 Å². The summed E-state index contributed by atoms with van der Waals surface area (Å²) in [6, 6.07) is 0. The number of hydrogen-bond donors (Lipinski definition) is 0. The van der Waals surface area contributed by atoms with Crippen molar-refractivity contribution in [2.24, 2.45) is 0 Å². The van der Waals surface area contributed by atoms with Gasteiger partial charge in [-0.05, 0) is 6.42 Å². The molecule has 0 bridgehead atoms. The summed E-state index contributed by atoms with van der Waals surface area (Å²) in [5.41, 5.74) is 0. The van der Waals surface area contributed by atoms with E-state index in [2.05, 4.69) is 4.74 Å². The van der Waals surface area contributed by atoms with Gasteiger partial charge in [0, 0.05) is 6.61 Å². The highest BCUT2D eigenvalue weighted by molar-refractivity contribution is 4.47. The highest BCUT2D eigenvalue weighted by atomic mass is 19.3. The van der Waals surface area contributed by atoms with Crippen LogP contribution in [0.3, 0.4) is 0 Å². The first-order valence-corrected chi connectivity index (χ1v) is 4.28. The first-order chi connectivity index (χ1) is 6.12. The van der Waals surface area contributed by atoms with Gasteiger partial charge in [-0.25, -0.2) is 4.39 Å². The molecule has 0 aliphatic heterocycles. The minimum Gasteiger partial charge on any atom is -0.379 e. The van der Waals surface area contributed by atoms with Gasteiger partial charge in [-0.1, -0.05) is 13.3 Å². The Hall–Kier alpha value is -0.290. The Morgan fingerprint density at radius 2 is 1.85 bits per heavy atom. The molecule has 80 valence electrons. The first-order valence-electron chi connectivity index (χ1n) is 4.28. The Morgan fingerprint density at radius 3 is 2.38 bits per heavy atom. The average molecular weight is 200 g/mol. The molecule has 13 heavy (non-hydrogen) atoms. The molecule has 0 aliphatic carbocycles. The van der Waals surface area contributed by atoms with Crippen molar-refractivity contribution in [2.75, 3.05) is 26.5 Å². The lowest BCUT2D eigenvalue weighted by molar-refractivity contribution is -0.250. The zero-order chi connectivity index (χ0) is 10.2. The maximum Gasteiger partial charge on any atom is 0.384 e. The van der Waals surface area contributed by atoms with Crippen LogP contribution in [0.1, 0.15) is 19.8 Å². The molecule has 5 heteroatoms. The van der Waals surface area contributed by atoms with Gasteiger partial charge < -0.3 is 9.47 Å². The quantitative estimate of drug-likeness (QED) is 0.560. The van der Waals surface area contributed by atoms with E-state index in [-0.39, 0.29) is 13.2 Å². The smallest absolute Gasteiger partial charge is 0.379 e. The second kappa shape index (κ2) is 7.15. The second-order valence-corrected chi connectivity index (χ2v) is 2.59. The molecule has 0 aromatic heterocycles. The SMILES string of the molecule is CCCCOCCOC(F)(F)CF. The Bertz CT molecular complexity index is 120. The molecule has 0 heterocycles. The third-order valence-corrected chi connectivity index (χ3v) is 1.34. The van der Waals surface area contributed by atoms with Gasteiger partial charge in [0.1, 0.15) is 0 Å². The van der Waals surface area contributed by atoms with Crippen molar-refractivity contribution in [2.45, 2.75) is 25.9 Å². The summed E-state index contributed by atoms with van der Waals surface area (Å²) < 4.78 is 44.5. The minimum atomic E-state index is -3.66. The van der Waals surface area contributed by atoms with Crippen LogP contribution in [0.15, 0.2) is 0 Å². The predicted octanol–water partition coefficient (Wildman–Crippen LogP) is 2.38. The maximum atomic E-state index is 12.1. The molecule has 0 aromatic carbocycles. The molecular formula is C8H15F3O2. The molecule has 0 amide bonds. The summed E-state index contributed by atoms with van der Waals surface area (Å²) >= 11 is 0. The number of alkyl halides is 3. The fourth-order valence-corrected chi connectivity index (χ4v) is 0.637. The van der Waals surface area contributed by atoms with Crippen LogP contribution in [0.2, 0.25) is 0 Å². The summed E-state index contributed by atoms with van der Waals surface area (Å²) in [7, 11) is 0. The largest absolute Gasteiger partial charge is 0.384 e. The van der Waals surface area contributed by atoms with Gasteiger partial charge in [-0.15, -0.1) is 0 Å². The highest BCUT2D eigenvalue weighted by Crippen LogP contribution is 2.14. The summed E-state index contributed by atoms with van der Waals surface area (Å²) in [6.45, 7) is 0.538. The Labute approximate surface area is 76.0 Å². The van der Waals surface area contributed by atoms with E-state index in [0.29, 0.717) is 6.61 Å². The van der Waals surface area contributed by atoms with Crippen molar-refractivity contribution >= 4 is 0 Å². The fraction of sp³-hybridized carbons (Fsp3) is 1.00. The van der Waals surface area contributed by atoms with Crippen LogP contribution >= 0.6 is 0 Å². The van der Waals surface area contributed by atoms with Gasteiger partial charge in [0.25, 0.3) is 0 Å². The average Bonchev–Trinajstić information content (AvgIpc) is 2.11. The number of unbranched alkanes of at least 4 members (excludes halogenated alkanes) is 1. The van der Waals surface area contributed by atoms with Crippen molar-refractivity contribution in [1.29, 1.82) is 0 Å². The van der Waals surface area contributed by atoms with Crippen molar-refractivity contribution in [3.63, 3.8) is 0 Å². The molecule has 0 aliphatic rings. The van der Waals surface area contributed by atoms with Crippen LogP contribution in [0.25, 0.3) is 0 Å². The van der Waals surface area contributed by atoms with E-state index in [4.69, 9.17) is 4.74 Å². The molecule has 0 saturated carbocycles. The molecule has 0 radical (unpaired) electrons. The van der Waals surface area contributed by atoms with Gasteiger partial charge in [0.2, 0.25) is 0 Å². The van der Waals surface area contributed by atoms with Gasteiger partial charge >= 0.3 is 6.11 Å². The van der Waals surface area contributed by atoms with Crippen LogP contribution < -0.4 is 0 Å². The van der Waals surface area contributed by atoms with E-state index < -0.39 is 12.8 Å². The minimum absolute atomic E-state index is 0.0790. The molecule has 0 spiro atoms. The van der Waals surface area contributed by atoms with Gasteiger partial charge in [-0.3, -0.25) is 0 Å². The normalized spacial score (nSPS) is 12.0. The third kappa shape index (κ3) is 8.05. The van der Waals surface area contributed by atoms with E-state index in [1.54, 1.807) is 0 Å². The summed E-state index contributed by atoms with van der Waals surface area (Å²) in [5, 5.41) is 0. The second-order valence-electron chi connectivity index (χ2n) is 2.59. The van der Waals surface area contributed by atoms with E-state index in [1.165, 1.54) is 0 Å². The Kier molecular flexibility index (Phi) is 6.99. The zero-order valence-corrected chi connectivity index (χ0v) is 7.69. The number of rotatable bonds is 8. The monoisotopic (exact) mass is 200 g/mol. The van der Waals surface area contributed by atoms with Gasteiger partial charge in [-0.2, -0.15) is 8.78 Å². The summed E-state index contributed by atoms with van der Waals surface area (Å²) in [5.74, 6) is 0. The van der Waals surface area contributed by atoms with Gasteiger partial charge in [0.05, 0.1) is 13.2 Å². The highest BCUT2D eigenvalue weighted by Gasteiger charge is 2.29.